The molecular formula is C33H37ClN4O2. The number of rotatable bonds is 13. The Bertz CT molecular complexity index is 1400. The van der Waals surface area contributed by atoms with Gasteiger partial charge in [0.25, 0.3) is 5.91 Å². The van der Waals surface area contributed by atoms with Crippen molar-refractivity contribution in [2.75, 3.05) is 18.4 Å². The second kappa shape index (κ2) is 14.5. The zero-order valence-corrected chi connectivity index (χ0v) is 24.0. The van der Waals surface area contributed by atoms with Gasteiger partial charge in [0.05, 0.1) is 16.4 Å². The average molecular weight is 557 g/mol. The van der Waals surface area contributed by atoms with Crippen molar-refractivity contribution in [3.63, 3.8) is 0 Å². The fourth-order valence-corrected chi connectivity index (χ4v) is 4.87. The molecule has 0 saturated heterocycles. The number of benzene rings is 3. The van der Waals surface area contributed by atoms with Crippen LogP contribution in [0.3, 0.4) is 0 Å². The molecule has 4 aromatic rings. The summed E-state index contributed by atoms with van der Waals surface area (Å²) in [4.78, 5) is 28.3. The van der Waals surface area contributed by atoms with Crippen molar-refractivity contribution >= 4 is 29.2 Å². The van der Waals surface area contributed by atoms with E-state index in [1.54, 1.807) is 15.6 Å². The van der Waals surface area contributed by atoms with Crippen LogP contribution in [0.4, 0.5) is 5.82 Å². The third kappa shape index (κ3) is 7.60. The molecule has 0 spiro atoms. The van der Waals surface area contributed by atoms with Crippen LogP contribution in [0.15, 0.2) is 84.9 Å². The highest BCUT2D eigenvalue weighted by Crippen LogP contribution is 2.28. The average Bonchev–Trinajstić information content (AvgIpc) is 3.39. The molecule has 4 rings (SSSR count). The Kier molecular flexibility index (Phi) is 10.5. The molecule has 0 saturated carbocycles. The third-order valence-corrected chi connectivity index (χ3v) is 7.08. The summed E-state index contributed by atoms with van der Waals surface area (Å²) in [7, 11) is 0. The Hall–Kier alpha value is -3.90. The van der Waals surface area contributed by atoms with Crippen LogP contribution in [0.2, 0.25) is 5.02 Å². The number of para-hydroxylation sites is 1. The smallest absolute Gasteiger partial charge is 0.254 e. The topological polar surface area (TPSA) is 67.2 Å². The number of aryl methyl sites for hydroxylation is 1. The quantitative estimate of drug-likeness (QED) is 0.171. The van der Waals surface area contributed by atoms with Crippen molar-refractivity contribution in [1.82, 2.24) is 14.7 Å². The first kappa shape index (κ1) is 29.1. The maximum atomic E-state index is 13.4. The molecule has 0 radical (unpaired) electrons. The van der Waals surface area contributed by atoms with E-state index in [0.29, 0.717) is 34.3 Å². The van der Waals surface area contributed by atoms with Gasteiger partial charge in [0.15, 0.2) is 0 Å². The SMILES string of the molecule is CCCCCCc1ccc(C(=O)N(CCC)CC(=O)Nc2cc(-c3ccccc3)nn2-c2ccccc2Cl)cc1. The fourth-order valence-electron chi connectivity index (χ4n) is 4.66. The first-order valence-corrected chi connectivity index (χ1v) is 14.5. The van der Waals surface area contributed by atoms with Gasteiger partial charge in [-0.25, -0.2) is 4.68 Å². The number of carbonyl (C=O) groups excluding carboxylic acids is 2. The molecule has 1 N–H and O–H groups in total. The summed E-state index contributed by atoms with van der Waals surface area (Å²) < 4.78 is 1.63. The van der Waals surface area contributed by atoms with Crippen LogP contribution in [-0.2, 0) is 11.2 Å². The predicted molar refractivity (Wildman–Crippen MR) is 163 cm³/mol. The number of unbranched alkanes of at least 4 members (excludes halogenated alkanes) is 3. The second-order valence-corrected chi connectivity index (χ2v) is 10.3. The Balaban J connectivity index is 1.50. The largest absolute Gasteiger partial charge is 0.329 e. The summed E-state index contributed by atoms with van der Waals surface area (Å²) >= 11 is 6.48. The van der Waals surface area contributed by atoms with Crippen molar-refractivity contribution in [2.24, 2.45) is 0 Å². The lowest BCUT2D eigenvalue weighted by atomic mass is 10.0. The minimum atomic E-state index is -0.304. The number of anilines is 1. The Morgan fingerprint density at radius 3 is 2.30 bits per heavy atom. The first-order valence-electron chi connectivity index (χ1n) is 14.1. The molecule has 0 aliphatic rings. The van der Waals surface area contributed by atoms with Gasteiger partial charge in [-0.3, -0.25) is 9.59 Å². The van der Waals surface area contributed by atoms with Crippen LogP contribution in [0.5, 0.6) is 0 Å². The standard InChI is InChI=1S/C33H37ClN4O2/c1-3-5-6-8-13-25-18-20-27(21-19-25)33(40)37(22-4-2)24-32(39)35-31-23-29(26-14-9-7-10-15-26)36-38(31)30-17-12-11-16-28(30)34/h7,9-12,14-21,23H,3-6,8,13,22,24H2,1-2H3,(H,35,39). The number of hydrogen-bond donors (Lipinski definition) is 1. The summed E-state index contributed by atoms with van der Waals surface area (Å²) in [6.07, 6.45) is 6.59. The van der Waals surface area contributed by atoms with Crippen molar-refractivity contribution in [1.29, 1.82) is 0 Å². The molecule has 0 unspecified atom stereocenters. The maximum absolute atomic E-state index is 13.4. The van der Waals surface area contributed by atoms with Crippen LogP contribution in [0, 0.1) is 0 Å². The number of nitrogens with one attached hydrogen (secondary N) is 1. The van der Waals surface area contributed by atoms with E-state index in [2.05, 4.69) is 12.2 Å². The van der Waals surface area contributed by atoms with Crippen molar-refractivity contribution in [3.05, 3.63) is 101 Å². The van der Waals surface area contributed by atoms with Crippen LogP contribution in [0.1, 0.15) is 61.9 Å². The van der Waals surface area contributed by atoms with Crippen molar-refractivity contribution in [2.45, 2.75) is 52.4 Å². The molecule has 40 heavy (non-hydrogen) atoms. The summed E-state index contributed by atoms with van der Waals surface area (Å²) in [5, 5.41) is 8.22. The Morgan fingerprint density at radius 2 is 1.60 bits per heavy atom. The highest BCUT2D eigenvalue weighted by Gasteiger charge is 2.21. The molecule has 0 aliphatic carbocycles. The van der Waals surface area contributed by atoms with Gasteiger partial charge in [0.1, 0.15) is 12.4 Å². The molecule has 208 valence electrons. The van der Waals surface area contributed by atoms with Crippen LogP contribution in [-0.4, -0.2) is 39.6 Å². The molecule has 3 aromatic carbocycles. The Morgan fingerprint density at radius 1 is 0.875 bits per heavy atom. The molecule has 2 amide bonds. The van der Waals surface area contributed by atoms with E-state index >= 15 is 0 Å². The molecule has 7 heteroatoms. The van der Waals surface area contributed by atoms with E-state index in [9.17, 15) is 9.59 Å². The van der Waals surface area contributed by atoms with E-state index in [1.807, 2.05) is 85.8 Å². The molecule has 1 heterocycles. The molecule has 0 aliphatic heterocycles. The van der Waals surface area contributed by atoms with Gasteiger partial charge in [0, 0.05) is 23.7 Å². The first-order chi connectivity index (χ1) is 19.5. The Labute approximate surface area is 242 Å². The highest BCUT2D eigenvalue weighted by atomic mass is 35.5. The maximum Gasteiger partial charge on any atom is 0.254 e. The van der Waals surface area contributed by atoms with Crippen molar-refractivity contribution in [3.8, 4) is 16.9 Å². The minimum Gasteiger partial charge on any atom is -0.329 e. The van der Waals surface area contributed by atoms with Gasteiger partial charge in [0.2, 0.25) is 5.91 Å². The zero-order chi connectivity index (χ0) is 28.3. The van der Waals surface area contributed by atoms with Gasteiger partial charge in [-0.05, 0) is 49.1 Å². The van der Waals surface area contributed by atoms with Crippen LogP contribution < -0.4 is 5.32 Å². The number of aromatic nitrogens is 2. The summed E-state index contributed by atoms with van der Waals surface area (Å²) in [5.41, 5.74) is 4.09. The predicted octanol–water partition coefficient (Wildman–Crippen LogP) is 7.81. The monoisotopic (exact) mass is 556 g/mol. The fraction of sp³-hybridized carbons (Fsp3) is 0.303. The number of nitrogens with zero attached hydrogens (tertiary/aromatic N) is 3. The molecule has 6 nitrogen and oxygen atoms in total. The summed E-state index contributed by atoms with van der Waals surface area (Å²) in [6, 6.07) is 26.7. The lowest BCUT2D eigenvalue weighted by molar-refractivity contribution is -0.116. The highest BCUT2D eigenvalue weighted by molar-refractivity contribution is 6.32. The molecular weight excluding hydrogens is 520 g/mol. The molecule has 0 bridgehead atoms. The lowest BCUT2D eigenvalue weighted by Gasteiger charge is -2.22. The van der Waals surface area contributed by atoms with Gasteiger partial charge < -0.3 is 10.2 Å². The van der Waals surface area contributed by atoms with E-state index < -0.39 is 0 Å². The van der Waals surface area contributed by atoms with Gasteiger partial charge >= 0.3 is 0 Å². The van der Waals surface area contributed by atoms with Crippen LogP contribution >= 0.6 is 11.6 Å². The van der Waals surface area contributed by atoms with Crippen LogP contribution in [0.25, 0.3) is 16.9 Å². The van der Waals surface area contributed by atoms with E-state index in [4.69, 9.17) is 16.7 Å². The molecule has 1 aromatic heterocycles. The van der Waals surface area contributed by atoms with Gasteiger partial charge in [-0.1, -0.05) is 99.3 Å². The van der Waals surface area contributed by atoms with Crippen molar-refractivity contribution < 1.29 is 9.59 Å². The minimum absolute atomic E-state index is 0.0696. The molecule has 0 fully saturated rings. The normalized spacial score (nSPS) is 10.9. The number of carbonyl (C=O) groups is 2. The summed E-state index contributed by atoms with van der Waals surface area (Å²) in [6.45, 7) is 4.61. The van der Waals surface area contributed by atoms with Gasteiger partial charge in [-0.2, -0.15) is 5.10 Å². The van der Waals surface area contributed by atoms with E-state index in [1.165, 1.54) is 24.8 Å². The molecule has 0 atom stereocenters. The van der Waals surface area contributed by atoms with E-state index in [0.717, 1.165) is 24.8 Å². The second-order valence-electron chi connectivity index (χ2n) is 9.93. The lowest BCUT2D eigenvalue weighted by Crippen LogP contribution is -2.38. The van der Waals surface area contributed by atoms with Gasteiger partial charge in [-0.15, -0.1) is 0 Å². The zero-order valence-electron chi connectivity index (χ0n) is 23.3. The number of halogens is 1. The van der Waals surface area contributed by atoms with E-state index in [-0.39, 0.29) is 18.4 Å². The third-order valence-electron chi connectivity index (χ3n) is 6.76. The number of hydrogen-bond acceptors (Lipinski definition) is 3. The number of amides is 2. The summed E-state index contributed by atoms with van der Waals surface area (Å²) in [5.74, 6) is 0.0227.